The molecule has 21 heavy (non-hydrogen) atoms. The molecule has 116 valence electrons. The Hall–Kier alpha value is -2.13. The smallest absolute Gasteiger partial charge is 0.318 e. The van der Waals surface area contributed by atoms with Crippen molar-refractivity contribution in [3.63, 3.8) is 0 Å². The van der Waals surface area contributed by atoms with Crippen molar-refractivity contribution in [3.05, 3.63) is 30.6 Å². The third kappa shape index (κ3) is 3.70. The summed E-state index contributed by atoms with van der Waals surface area (Å²) in [6.07, 6.45) is 2.56. The Morgan fingerprint density at radius 3 is 2.62 bits per heavy atom. The Morgan fingerprint density at radius 1 is 1.52 bits per heavy atom. The van der Waals surface area contributed by atoms with E-state index in [0.29, 0.717) is 0 Å². The summed E-state index contributed by atoms with van der Waals surface area (Å²) < 4.78 is 26.9. The molecule has 0 saturated heterocycles. The average Bonchev–Trinajstić information content (AvgIpc) is 2.79. The molecule has 0 aromatic carbocycles. The second-order valence-corrected chi connectivity index (χ2v) is 6.17. The first-order valence-electron chi connectivity index (χ1n) is 5.95. The fraction of sp³-hybridized carbons (Fsp3) is 0.333. The zero-order valence-electron chi connectivity index (χ0n) is 11.7. The van der Waals surface area contributed by atoms with E-state index in [4.69, 9.17) is 5.11 Å². The molecule has 1 aromatic rings. The summed E-state index contributed by atoms with van der Waals surface area (Å²) >= 11 is 0. The fourth-order valence-corrected chi connectivity index (χ4v) is 3.15. The van der Waals surface area contributed by atoms with Crippen LogP contribution in [-0.2, 0) is 21.9 Å². The summed E-state index contributed by atoms with van der Waals surface area (Å²) in [5.74, 6) is -1.71. The van der Waals surface area contributed by atoms with Gasteiger partial charge in [0.05, 0.1) is 0 Å². The van der Waals surface area contributed by atoms with Gasteiger partial charge in [-0.25, -0.2) is 8.42 Å². The maximum atomic E-state index is 12.4. The number of carbonyl (C=O) groups is 2. The first-order chi connectivity index (χ1) is 9.73. The second kappa shape index (κ2) is 6.55. The van der Waals surface area contributed by atoms with Crippen LogP contribution in [0.15, 0.2) is 29.8 Å². The molecule has 0 atom stereocenters. The molecule has 0 aliphatic rings. The van der Waals surface area contributed by atoms with Gasteiger partial charge in [-0.3, -0.25) is 9.59 Å². The summed E-state index contributed by atoms with van der Waals surface area (Å²) in [5, 5.41) is 11.2. The van der Waals surface area contributed by atoms with E-state index >= 15 is 0 Å². The second-order valence-electron chi connectivity index (χ2n) is 4.23. The lowest BCUT2D eigenvalue weighted by atomic mass is 10.4. The SMILES string of the molecule is C=CCN(CC(=O)O)S(=O)(=O)c1cc(C(=O)NC)n(C)c1. The lowest BCUT2D eigenvalue weighted by Gasteiger charge is -2.17. The highest BCUT2D eigenvalue weighted by Gasteiger charge is 2.28. The number of nitrogens with zero attached hydrogens (tertiary/aromatic N) is 2. The number of rotatable bonds is 7. The minimum atomic E-state index is -4.02. The molecule has 0 bridgehead atoms. The zero-order valence-corrected chi connectivity index (χ0v) is 12.6. The monoisotopic (exact) mass is 315 g/mol. The molecule has 0 saturated carbocycles. The number of carboxylic acid groups (broad SMARTS) is 1. The first-order valence-corrected chi connectivity index (χ1v) is 7.39. The van der Waals surface area contributed by atoms with Gasteiger partial charge >= 0.3 is 5.97 Å². The predicted molar refractivity (Wildman–Crippen MR) is 75.4 cm³/mol. The molecule has 2 N–H and O–H groups in total. The summed E-state index contributed by atoms with van der Waals surface area (Å²) in [4.78, 5) is 22.2. The van der Waals surface area contributed by atoms with Crippen molar-refractivity contribution in [2.45, 2.75) is 4.90 Å². The van der Waals surface area contributed by atoms with E-state index in [1.54, 1.807) is 0 Å². The molecule has 1 aromatic heterocycles. The number of amides is 1. The van der Waals surface area contributed by atoms with E-state index < -0.39 is 28.4 Å². The summed E-state index contributed by atoms with van der Waals surface area (Å²) in [7, 11) is -1.07. The van der Waals surface area contributed by atoms with Crippen LogP contribution in [0.4, 0.5) is 0 Å². The van der Waals surface area contributed by atoms with Crippen molar-refractivity contribution < 1.29 is 23.1 Å². The van der Waals surface area contributed by atoms with Crippen molar-refractivity contribution in [2.75, 3.05) is 20.1 Å². The lowest BCUT2D eigenvalue weighted by molar-refractivity contribution is -0.137. The molecule has 8 nitrogen and oxygen atoms in total. The van der Waals surface area contributed by atoms with Crippen LogP contribution in [0.1, 0.15) is 10.5 Å². The van der Waals surface area contributed by atoms with Gasteiger partial charge in [0.2, 0.25) is 10.0 Å². The highest BCUT2D eigenvalue weighted by molar-refractivity contribution is 7.89. The number of aliphatic carboxylic acids is 1. The van der Waals surface area contributed by atoms with Gasteiger partial charge in [-0.1, -0.05) is 6.08 Å². The van der Waals surface area contributed by atoms with E-state index in [9.17, 15) is 18.0 Å². The third-order valence-corrected chi connectivity index (χ3v) is 4.50. The summed E-state index contributed by atoms with van der Waals surface area (Å²) in [6.45, 7) is 2.59. The van der Waals surface area contributed by atoms with Gasteiger partial charge in [-0.2, -0.15) is 4.31 Å². The van der Waals surface area contributed by atoms with Gasteiger partial charge in [0.1, 0.15) is 17.1 Å². The van der Waals surface area contributed by atoms with Crippen LogP contribution in [0, 0.1) is 0 Å². The Labute approximate surface area is 122 Å². The third-order valence-electron chi connectivity index (χ3n) is 2.72. The fourth-order valence-electron chi connectivity index (χ4n) is 1.72. The molecule has 9 heteroatoms. The normalized spacial score (nSPS) is 11.4. The first kappa shape index (κ1) is 16.9. The van der Waals surface area contributed by atoms with Gasteiger partial charge < -0.3 is 15.0 Å². The van der Waals surface area contributed by atoms with Gasteiger partial charge in [-0.05, 0) is 6.07 Å². The van der Waals surface area contributed by atoms with E-state index in [1.807, 2.05) is 0 Å². The molecule has 0 fully saturated rings. The highest BCUT2D eigenvalue weighted by Crippen LogP contribution is 2.18. The van der Waals surface area contributed by atoms with E-state index in [2.05, 4.69) is 11.9 Å². The van der Waals surface area contributed by atoms with Crippen LogP contribution in [0.25, 0.3) is 0 Å². The molecule has 0 unspecified atom stereocenters. The van der Waals surface area contributed by atoms with Crippen molar-refractivity contribution in [2.24, 2.45) is 7.05 Å². The van der Waals surface area contributed by atoms with Crippen LogP contribution >= 0.6 is 0 Å². The van der Waals surface area contributed by atoms with Gasteiger partial charge in [0.25, 0.3) is 5.91 Å². The van der Waals surface area contributed by atoms with Crippen LogP contribution in [0.5, 0.6) is 0 Å². The topological polar surface area (TPSA) is 109 Å². The Morgan fingerprint density at radius 2 is 2.14 bits per heavy atom. The molecule has 0 aliphatic heterocycles. The van der Waals surface area contributed by atoms with E-state index in [-0.39, 0.29) is 17.1 Å². The Balaban J connectivity index is 3.25. The molecule has 0 radical (unpaired) electrons. The number of hydrogen-bond donors (Lipinski definition) is 2. The number of aryl methyl sites for hydroxylation is 1. The standard InChI is InChI=1S/C12H17N3O5S/c1-4-5-15(8-11(16)17)21(19,20)9-6-10(12(18)13-2)14(3)7-9/h4,6-7H,1,5,8H2,2-3H3,(H,13,18)(H,16,17). The highest BCUT2D eigenvalue weighted by atomic mass is 32.2. The van der Waals surface area contributed by atoms with Crippen molar-refractivity contribution >= 4 is 21.9 Å². The van der Waals surface area contributed by atoms with Crippen molar-refractivity contribution in [1.29, 1.82) is 0 Å². The van der Waals surface area contributed by atoms with E-state index in [1.165, 1.54) is 37.0 Å². The van der Waals surface area contributed by atoms with Crippen molar-refractivity contribution in [1.82, 2.24) is 14.2 Å². The summed E-state index contributed by atoms with van der Waals surface area (Å²) in [5.41, 5.74) is 0.157. The number of sulfonamides is 1. The quantitative estimate of drug-likeness (QED) is 0.668. The predicted octanol–water partition coefficient (Wildman–Crippen LogP) is -0.354. The van der Waals surface area contributed by atoms with Gasteiger partial charge in [0.15, 0.2) is 0 Å². The maximum Gasteiger partial charge on any atom is 0.318 e. The lowest BCUT2D eigenvalue weighted by Crippen LogP contribution is -2.35. The van der Waals surface area contributed by atoms with E-state index in [0.717, 1.165) is 4.31 Å². The molecule has 0 aliphatic carbocycles. The van der Waals surface area contributed by atoms with Crippen LogP contribution in [0.2, 0.25) is 0 Å². The van der Waals surface area contributed by atoms with Gasteiger partial charge in [0, 0.05) is 26.8 Å². The molecule has 1 rings (SSSR count). The molecular formula is C12H17N3O5S. The molecule has 1 heterocycles. The summed E-state index contributed by atoms with van der Waals surface area (Å²) in [6, 6.07) is 1.20. The Kier molecular flexibility index (Phi) is 5.28. The number of aromatic nitrogens is 1. The van der Waals surface area contributed by atoms with Crippen molar-refractivity contribution in [3.8, 4) is 0 Å². The van der Waals surface area contributed by atoms with Crippen LogP contribution in [0.3, 0.4) is 0 Å². The molecular weight excluding hydrogens is 298 g/mol. The zero-order chi connectivity index (χ0) is 16.2. The minimum Gasteiger partial charge on any atom is -0.480 e. The minimum absolute atomic E-state index is 0.140. The maximum absolute atomic E-state index is 12.4. The largest absolute Gasteiger partial charge is 0.480 e. The van der Waals surface area contributed by atoms with Gasteiger partial charge in [-0.15, -0.1) is 6.58 Å². The Bertz CT molecular complexity index is 662. The van der Waals surface area contributed by atoms with Crippen LogP contribution in [-0.4, -0.2) is 54.4 Å². The average molecular weight is 315 g/mol. The van der Waals surface area contributed by atoms with Crippen LogP contribution < -0.4 is 5.32 Å². The number of carbonyl (C=O) groups excluding carboxylic acids is 1. The molecule has 0 spiro atoms. The molecule has 1 amide bonds. The number of nitrogens with one attached hydrogen (secondary N) is 1. The number of hydrogen-bond acceptors (Lipinski definition) is 4. The number of carboxylic acids is 1.